The predicted molar refractivity (Wildman–Crippen MR) is 156 cm³/mol. The SMILES string of the molecule is CCOc1ccc(N(CC(=O)N(Cc2ccc(F)cc2)[C@H](C)C(=O)NC(C)C)S(=O)(=O)c2ccc(Br)cc2)cc1. The number of anilines is 1. The van der Waals surface area contributed by atoms with E-state index in [1.165, 1.54) is 41.3 Å². The van der Waals surface area contributed by atoms with E-state index < -0.39 is 40.2 Å². The van der Waals surface area contributed by atoms with Gasteiger partial charge in [-0.3, -0.25) is 13.9 Å². The van der Waals surface area contributed by atoms with E-state index in [9.17, 15) is 22.4 Å². The molecule has 3 aromatic carbocycles. The van der Waals surface area contributed by atoms with Crippen LogP contribution in [0.3, 0.4) is 0 Å². The Labute approximate surface area is 243 Å². The van der Waals surface area contributed by atoms with Gasteiger partial charge < -0.3 is 15.0 Å². The first-order valence-corrected chi connectivity index (χ1v) is 15.0. The fourth-order valence-electron chi connectivity index (χ4n) is 3.91. The van der Waals surface area contributed by atoms with Crippen molar-refractivity contribution in [3.63, 3.8) is 0 Å². The van der Waals surface area contributed by atoms with Crippen molar-refractivity contribution < 1.29 is 27.1 Å². The zero-order valence-corrected chi connectivity index (χ0v) is 25.2. The van der Waals surface area contributed by atoms with Gasteiger partial charge in [-0.1, -0.05) is 28.1 Å². The van der Waals surface area contributed by atoms with Crippen LogP contribution in [0.1, 0.15) is 33.3 Å². The number of nitrogens with zero attached hydrogens (tertiary/aromatic N) is 2. The minimum absolute atomic E-state index is 0.00642. The minimum Gasteiger partial charge on any atom is -0.494 e. The number of halogens is 2. The fraction of sp³-hybridized carbons (Fsp3) is 0.310. The molecule has 3 rings (SSSR count). The third kappa shape index (κ3) is 8.04. The normalized spacial score (nSPS) is 12.1. The fourth-order valence-corrected chi connectivity index (χ4v) is 5.59. The molecule has 0 saturated carbocycles. The van der Waals surface area contributed by atoms with Gasteiger partial charge in [0.1, 0.15) is 24.2 Å². The number of amides is 2. The van der Waals surface area contributed by atoms with Crippen molar-refractivity contribution in [2.24, 2.45) is 0 Å². The van der Waals surface area contributed by atoms with Crippen LogP contribution in [0, 0.1) is 5.82 Å². The molecular formula is C29H33BrFN3O5S. The third-order valence-corrected chi connectivity index (χ3v) is 8.30. The highest BCUT2D eigenvalue weighted by Crippen LogP contribution is 2.27. The summed E-state index contributed by atoms with van der Waals surface area (Å²) in [7, 11) is -4.19. The molecule has 0 radical (unpaired) electrons. The first-order chi connectivity index (χ1) is 18.9. The Kier molecular flexibility index (Phi) is 10.7. The van der Waals surface area contributed by atoms with Crippen LogP contribution in [0.2, 0.25) is 0 Å². The lowest BCUT2D eigenvalue weighted by atomic mass is 10.1. The lowest BCUT2D eigenvalue weighted by Crippen LogP contribution is -2.52. The molecule has 1 N–H and O–H groups in total. The molecule has 0 aliphatic rings. The van der Waals surface area contributed by atoms with Crippen LogP contribution in [0.25, 0.3) is 0 Å². The molecule has 214 valence electrons. The Morgan fingerprint density at radius 2 is 1.55 bits per heavy atom. The van der Waals surface area contributed by atoms with Crippen molar-refractivity contribution in [1.82, 2.24) is 10.2 Å². The van der Waals surface area contributed by atoms with Crippen molar-refractivity contribution in [1.29, 1.82) is 0 Å². The minimum atomic E-state index is -4.19. The van der Waals surface area contributed by atoms with E-state index >= 15 is 0 Å². The summed E-state index contributed by atoms with van der Waals surface area (Å²) < 4.78 is 48.4. The maximum atomic E-state index is 13.9. The largest absolute Gasteiger partial charge is 0.494 e. The summed E-state index contributed by atoms with van der Waals surface area (Å²) in [6, 6.07) is 16.9. The Bertz CT molecular complexity index is 1400. The van der Waals surface area contributed by atoms with Gasteiger partial charge in [0.25, 0.3) is 10.0 Å². The molecule has 0 spiro atoms. The molecule has 0 fully saturated rings. The van der Waals surface area contributed by atoms with Crippen LogP contribution in [0.15, 0.2) is 82.2 Å². The molecule has 11 heteroatoms. The molecule has 2 amide bonds. The first-order valence-electron chi connectivity index (χ1n) is 12.8. The van der Waals surface area contributed by atoms with Crippen LogP contribution in [0.4, 0.5) is 10.1 Å². The van der Waals surface area contributed by atoms with Crippen molar-refractivity contribution in [2.45, 2.75) is 51.2 Å². The van der Waals surface area contributed by atoms with Crippen molar-refractivity contribution in [3.05, 3.63) is 88.6 Å². The van der Waals surface area contributed by atoms with Gasteiger partial charge in [0.2, 0.25) is 11.8 Å². The Morgan fingerprint density at radius 3 is 2.10 bits per heavy atom. The standard InChI is InChI=1S/C29H33BrFN3O5S/c1-5-39-26-14-12-25(13-15-26)34(40(37,38)27-16-8-23(30)9-17-27)19-28(35)33(21(4)29(36)32-20(2)3)18-22-6-10-24(31)11-7-22/h6-17,20-21H,5,18-19H2,1-4H3,(H,32,36)/t21-/m1/s1. The number of carbonyl (C=O) groups is 2. The Balaban J connectivity index is 2.02. The van der Waals surface area contributed by atoms with Gasteiger partial charge in [0, 0.05) is 17.1 Å². The second-order valence-electron chi connectivity index (χ2n) is 9.38. The van der Waals surface area contributed by atoms with Crippen LogP contribution < -0.4 is 14.4 Å². The molecule has 0 aliphatic carbocycles. The van der Waals surface area contributed by atoms with Gasteiger partial charge in [0.15, 0.2) is 0 Å². The van der Waals surface area contributed by atoms with Crippen LogP contribution in [0.5, 0.6) is 5.75 Å². The van der Waals surface area contributed by atoms with Crippen LogP contribution in [-0.2, 0) is 26.2 Å². The molecule has 0 aromatic heterocycles. The number of sulfonamides is 1. The maximum Gasteiger partial charge on any atom is 0.264 e. The van der Waals surface area contributed by atoms with Crippen molar-refractivity contribution in [3.8, 4) is 5.75 Å². The summed E-state index contributed by atoms with van der Waals surface area (Å²) in [4.78, 5) is 28.1. The smallest absolute Gasteiger partial charge is 0.264 e. The molecule has 0 saturated heterocycles. The molecule has 3 aromatic rings. The average molecular weight is 635 g/mol. The van der Waals surface area contributed by atoms with Crippen molar-refractivity contribution >= 4 is 43.5 Å². The quantitative estimate of drug-likeness (QED) is 0.299. The lowest BCUT2D eigenvalue weighted by Gasteiger charge is -2.32. The molecule has 0 heterocycles. The van der Waals surface area contributed by atoms with E-state index in [0.29, 0.717) is 22.4 Å². The molecule has 0 aliphatic heterocycles. The second kappa shape index (κ2) is 13.8. The van der Waals surface area contributed by atoms with Crippen LogP contribution in [-0.4, -0.2) is 50.4 Å². The van der Waals surface area contributed by atoms with Gasteiger partial charge in [-0.25, -0.2) is 12.8 Å². The number of hydrogen-bond acceptors (Lipinski definition) is 5. The summed E-state index contributed by atoms with van der Waals surface area (Å²) in [5.74, 6) is -0.885. The van der Waals surface area contributed by atoms with E-state index in [-0.39, 0.29) is 23.2 Å². The van der Waals surface area contributed by atoms with E-state index in [0.717, 1.165) is 4.31 Å². The average Bonchev–Trinajstić information content (AvgIpc) is 2.91. The predicted octanol–water partition coefficient (Wildman–Crippen LogP) is 5.12. The van der Waals surface area contributed by atoms with Gasteiger partial charge in [-0.05, 0) is 93.9 Å². The summed E-state index contributed by atoms with van der Waals surface area (Å²) in [6.07, 6.45) is 0. The molecule has 0 unspecified atom stereocenters. The van der Waals surface area contributed by atoms with Crippen molar-refractivity contribution in [2.75, 3.05) is 17.5 Å². The maximum absolute atomic E-state index is 13.9. The number of nitrogens with one attached hydrogen (secondary N) is 1. The summed E-state index contributed by atoms with van der Waals surface area (Å²) in [6.45, 7) is 6.85. The number of carbonyl (C=O) groups excluding carboxylic acids is 2. The summed E-state index contributed by atoms with van der Waals surface area (Å²) >= 11 is 3.31. The highest BCUT2D eigenvalue weighted by Gasteiger charge is 2.32. The first kappa shape index (κ1) is 31.1. The van der Waals surface area contributed by atoms with Gasteiger partial charge in [0.05, 0.1) is 17.2 Å². The summed E-state index contributed by atoms with van der Waals surface area (Å²) in [5, 5.41) is 2.79. The number of benzene rings is 3. The zero-order chi connectivity index (χ0) is 29.4. The van der Waals surface area contributed by atoms with E-state index in [1.807, 2.05) is 6.92 Å². The summed E-state index contributed by atoms with van der Waals surface area (Å²) in [5.41, 5.74) is 0.836. The highest BCUT2D eigenvalue weighted by molar-refractivity contribution is 9.10. The topological polar surface area (TPSA) is 96.0 Å². The molecular weight excluding hydrogens is 601 g/mol. The van der Waals surface area contributed by atoms with Gasteiger partial charge in [-0.2, -0.15) is 0 Å². The van der Waals surface area contributed by atoms with Crippen LogP contribution >= 0.6 is 15.9 Å². The Hall–Kier alpha value is -3.44. The Morgan fingerprint density at radius 1 is 0.950 bits per heavy atom. The monoisotopic (exact) mass is 633 g/mol. The zero-order valence-electron chi connectivity index (χ0n) is 22.8. The lowest BCUT2D eigenvalue weighted by molar-refractivity contribution is -0.139. The highest BCUT2D eigenvalue weighted by atomic mass is 79.9. The molecule has 40 heavy (non-hydrogen) atoms. The number of hydrogen-bond donors (Lipinski definition) is 1. The third-order valence-electron chi connectivity index (χ3n) is 5.98. The van der Waals surface area contributed by atoms with E-state index in [2.05, 4.69) is 21.2 Å². The van der Waals surface area contributed by atoms with Gasteiger partial charge in [-0.15, -0.1) is 0 Å². The molecule has 1 atom stereocenters. The number of ether oxygens (including phenoxy) is 1. The molecule has 8 nitrogen and oxygen atoms in total. The molecule has 0 bridgehead atoms. The van der Waals surface area contributed by atoms with E-state index in [4.69, 9.17) is 4.74 Å². The second-order valence-corrected chi connectivity index (χ2v) is 12.2. The number of rotatable bonds is 12. The van der Waals surface area contributed by atoms with Gasteiger partial charge >= 0.3 is 0 Å². The van der Waals surface area contributed by atoms with E-state index in [1.54, 1.807) is 57.2 Å².